The maximum absolute atomic E-state index is 14.8. The Balaban J connectivity index is 1.24. The summed E-state index contributed by atoms with van der Waals surface area (Å²) in [5.74, 6) is -0.308. The molecular weight excluding hydrogens is 477 g/mol. The zero-order valence-electron chi connectivity index (χ0n) is 22.0. The van der Waals surface area contributed by atoms with Gasteiger partial charge in [0, 0.05) is 37.4 Å². The second kappa shape index (κ2) is 10.2. The van der Waals surface area contributed by atoms with Crippen molar-refractivity contribution in [3.8, 4) is 6.01 Å². The van der Waals surface area contributed by atoms with Crippen LogP contribution in [-0.2, 0) is 14.2 Å². The Hall–Kier alpha value is -2.14. The van der Waals surface area contributed by atoms with Crippen molar-refractivity contribution in [1.82, 2.24) is 19.9 Å². The molecule has 0 radical (unpaired) electrons. The predicted octanol–water partition coefficient (Wildman–Crippen LogP) is 3.56. The number of likely N-dealkylation sites (tertiary alicyclic amines) is 1. The lowest BCUT2D eigenvalue weighted by Gasteiger charge is -2.50. The first-order valence-electron chi connectivity index (χ1n) is 13.7. The minimum Gasteiger partial charge on any atom is -0.463 e. The van der Waals surface area contributed by atoms with Crippen LogP contribution in [0.5, 0.6) is 6.01 Å². The van der Waals surface area contributed by atoms with E-state index in [-0.39, 0.29) is 23.0 Å². The van der Waals surface area contributed by atoms with Gasteiger partial charge in [0.15, 0.2) is 11.6 Å². The van der Waals surface area contributed by atoms with Gasteiger partial charge in [-0.3, -0.25) is 9.88 Å². The van der Waals surface area contributed by atoms with E-state index in [4.69, 9.17) is 23.9 Å². The number of pyridine rings is 1. The van der Waals surface area contributed by atoms with Gasteiger partial charge in [-0.2, -0.15) is 9.97 Å². The molecule has 0 bridgehead atoms. The monoisotopic (exact) mass is 515 g/mol. The topological polar surface area (TPSA) is 82.1 Å². The van der Waals surface area contributed by atoms with Gasteiger partial charge in [-0.25, -0.2) is 4.39 Å². The number of aromatic nitrogens is 3. The Morgan fingerprint density at radius 2 is 1.86 bits per heavy atom. The summed E-state index contributed by atoms with van der Waals surface area (Å²) in [4.78, 5) is 18.1. The highest BCUT2D eigenvalue weighted by Gasteiger charge is 2.51. The third-order valence-corrected chi connectivity index (χ3v) is 8.60. The molecule has 37 heavy (non-hydrogen) atoms. The predicted molar refractivity (Wildman–Crippen MR) is 136 cm³/mol. The van der Waals surface area contributed by atoms with Crippen molar-refractivity contribution in [2.45, 2.75) is 70.2 Å². The zero-order chi connectivity index (χ0) is 25.5. The van der Waals surface area contributed by atoms with Gasteiger partial charge in [0.05, 0.1) is 44.1 Å². The third-order valence-electron chi connectivity index (χ3n) is 8.60. The van der Waals surface area contributed by atoms with E-state index in [1.165, 1.54) is 12.6 Å². The fraction of sp³-hybridized carbons (Fsp3) is 0.741. The highest BCUT2D eigenvalue weighted by molar-refractivity contribution is 5.89. The van der Waals surface area contributed by atoms with Gasteiger partial charge >= 0.3 is 6.01 Å². The second-order valence-corrected chi connectivity index (χ2v) is 11.4. The summed E-state index contributed by atoms with van der Waals surface area (Å²) in [5, 5.41) is 0.607. The highest BCUT2D eigenvalue weighted by atomic mass is 19.1. The molecule has 0 unspecified atom stereocenters. The zero-order valence-corrected chi connectivity index (χ0v) is 22.0. The molecule has 0 spiro atoms. The molecule has 2 aromatic heterocycles. The standard InChI is InChI=1S/C27H38FN5O4/c1-26(2)36-16-19(17-37-26)33-10-4-8-27(7-3-6-22(27)33)18-35-25-30-23-20(14-29-15-21(23)28)24(31-25)32-9-5-12-34-13-11-32/h14-15,19,22H,3-13,16-18H2,1-2H3/t22-,27-/m1/s1. The van der Waals surface area contributed by atoms with Crippen LogP contribution in [0.15, 0.2) is 12.4 Å². The molecule has 0 N–H and O–H groups in total. The van der Waals surface area contributed by atoms with E-state index in [0.29, 0.717) is 56.8 Å². The summed E-state index contributed by atoms with van der Waals surface area (Å²) in [6, 6.07) is 0.899. The molecule has 4 fully saturated rings. The van der Waals surface area contributed by atoms with Gasteiger partial charge in [0.25, 0.3) is 0 Å². The SMILES string of the molecule is CC1(C)OCC(N2CCC[C@@]3(COc4nc(N5CCCOCC5)c5cncc(F)c5n4)CCC[C@@H]23)CO1. The Bertz CT molecular complexity index is 1100. The molecule has 6 rings (SSSR count). The van der Waals surface area contributed by atoms with E-state index >= 15 is 0 Å². The van der Waals surface area contributed by atoms with E-state index in [2.05, 4.69) is 19.8 Å². The number of piperidine rings is 1. The molecule has 2 atom stereocenters. The van der Waals surface area contributed by atoms with Crippen molar-refractivity contribution >= 4 is 16.7 Å². The molecule has 3 saturated heterocycles. The van der Waals surface area contributed by atoms with Crippen LogP contribution in [0.25, 0.3) is 10.9 Å². The van der Waals surface area contributed by atoms with Crippen molar-refractivity contribution in [2.75, 3.05) is 57.6 Å². The highest BCUT2D eigenvalue weighted by Crippen LogP contribution is 2.49. The Kier molecular flexibility index (Phi) is 6.94. The van der Waals surface area contributed by atoms with Crippen LogP contribution in [0.1, 0.15) is 52.4 Å². The van der Waals surface area contributed by atoms with Gasteiger partial charge in [-0.1, -0.05) is 6.42 Å². The summed E-state index contributed by atoms with van der Waals surface area (Å²) in [7, 11) is 0. The van der Waals surface area contributed by atoms with E-state index < -0.39 is 11.6 Å². The lowest BCUT2D eigenvalue weighted by atomic mass is 9.75. The first kappa shape index (κ1) is 25.2. The van der Waals surface area contributed by atoms with Gasteiger partial charge in [-0.05, 0) is 52.5 Å². The van der Waals surface area contributed by atoms with Gasteiger partial charge in [0.2, 0.25) is 0 Å². The Morgan fingerprint density at radius 3 is 2.73 bits per heavy atom. The molecule has 2 aromatic rings. The van der Waals surface area contributed by atoms with Crippen molar-refractivity contribution in [3.05, 3.63) is 18.2 Å². The van der Waals surface area contributed by atoms with Crippen molar-refractivity contribution in [3.63, 3.8) is 0 Å². The summed E-state index contributed by atoms with van der Waals surface area (Å²) in [6.07, 6.45) is 9.36. The van der Waals surface area contributed by atoms with E-state index in [1.807, 2.05) is 13.8 Å². The van der Waals surface area contributed by atoms with Gasteiger partial charge < -0.3 is 23.8 Å². The van der Waals surface area contributed by atoms with E-state index in [1.54, 1.807) is 6.20 Å². The lowest BCUT2D eigenvalue weighted by molar-refractivity contribution is -0.269. The number of nitrogens with zero attached hydrogens (tertiary/aromatic N) is 5. The number of rotatable bonds is 5. The third kappa shape index (κ3) is 5.01. The summed E-state index contributed by atoms with van der Waals surface area (Å²) in [5.41, 5.74) is 0.279. The summed E-state index contributed by atoms with van der Waals surface area (Å²) in [6.45, 7) is 9.68. The maximum atomic E-state index is 14.8. The van der Waals surface area contributed by atoms with Crippen LogP contribution < -0.4 is 9.64 Å². The molecule has 202 valence electrons. The first-order chi connectivity index (χ1) is 17.9. The Morgan fingerprint density at radius 1 is 1.03 bits per heavy atom. The molecule has 10 heteroatoms. The maximum Gasteiger partial charge on any atom is 0.319 e. The molecule has 0 aromatic carbocycles. The minimum absolute atomic E-state index is 0.0247. The number of fused-ring (bicyclic) bond motifs is 2. The minimum atomic E-state index is -0.516. The smallest absolute Gasteiger partial charge is 0.319 e. The number of ether oxygens (including phenoxy) is 4. The fourth-order valence-electron chi connectivity index (χ4n) is 6.70. The number of hydrogen-bond acceptors (Lipinski definition) is 9. The first-order valence-corrected chi connectivity index (χ1v) is 13.7. The fourth-order valence-corrected chi connectivity index (χ4v) is 6.70. The average molecular weight is 516 g/mol. The quantitative estimate of drug-likeness (QED) is 0.594. The number of hydrogen-bond donors (Lipinski definition) is 0. The number of halogens is 1. The normalized spacial score (nSPS) is 29.3. The van der Waals surface area contributed by atoms with Crippen molar-refractivity contribution in [1.29, 1.82) is 0 Å². The molecule has 0 amide bonds. The molecule has 3 aliphatic heterocycles. The van der Waals surface area contributed by atoms with Crippen LogP contribution in [0.2, 0.25) is 0 Å². The van der Waals surface area contributed by atoms with E-state index in [0.717, 1.165) is 45.2 Å². The molecule has 1 saturated carbocycles. The number of anilines is 1. The molecule has 5 heterocycles. The summed E-state index contributed by atoms with van der Waals surface area (Å²) >= 11 is 0. The second-order valence-electron chi connectivity index (χ2n) is 11.4. The summed E-state index contributed by atoms with van der Waals surface area (Å²) < 4.78 is 38.9. The molecule has 4 aliphatic rings. The molecular formula is C27H38FN5O4. The van der Waals surface area contributed by atoms with Crippen molar-refractivity contribution < 1.29 is 23.3 Å². The Labute approximate surface area is 217 Å². The average Bonchev–Trinajstić information content (AvgIpc) is 3.14. The van der Waals surface area contributed by atoms with Crippen LogP contribution >= 0.6 is 0 Å². The lowest BCUT2D eigenvalue weighted by Crippen LogP contribution is -2.60. The largest absolute Gasteiger partial charge is 0.463 e. The van der Waals surface area contributed by atoms with Crippen LogP contribution in [-0.4, -0.2) is 90.4 Å². The van der Waals surface area contributed by atoms with Crippen LogP contribution in [0.3, 0.4) is 0 Å². The van der Waals surface area contributed by atoms with Gasteiger partial charge in [-0.15, -0.1) is 0 Å². The van der Waals surface area contributed by atoms with Gasteiger partial charge in [0.1, 0.15) is 11.3 Å². The van der Waals surface area contributed by atoms with Crippen molar-refractivity contribution in [2.24, 2.45) is 5.41 Å². The van der Waals surface area contributed by atoms with Crippen LogP contribution in [0.4, 0.5) is 10.2 Å². The van der Waals surface area contributed by atoms with E-state index in [9.17, 15) is 4.39 Å². The molecule has 9 nitrogen and oxygen atoms in total. The van der Waals surface area contributed by atoms with Crippen LogP contribution in [0, 0.1) is 11.2 Å². The molecule has 1 aliphatic carbocycles.